The lowest BCUT2D eigenvalue weighted by molar-refractivity contribution is 0.469. The maximum Gasteiger partial charge on any atom is 0.175 e. The van der Waals surface area contributed by atoms with Gasteiger partial charge in [-0.15, -0.1) is 10.2 Å². The molecule has 0 spiro atoms. The molecule has 7 heteroatoms. The molecule has 17 heavy (non-hydrogen) atoms. The van der Waals surface area contributed by atoms with Crippen molar-refractivity contribution in [1.82, 2.24) is 15.5 Å². The summed E-state index contributed by atoms with van der Waals surface area (Å²) in [5, 5.41) is 11.2. The molecule has 2 rings (SSSR count). The van der Waals surface area contributed by atoms with Crippen molar-refractivity contribution in [3.8, 4) is 0 Å². The largest absolute Gasteiger partial charge is 0.464 e. The number of nitrogens with zero attached hydrogens (tertiary/aromatic N) is 2. The summed E-state index contributed by atoms with van der Waals surface area (Å²) in [5.74, 6) is 2.73. The topological polar surface area (TPSA) is 51.0 Å². The van der Waals surface area contributed by atoms with Crippen LogP contribution in [-0.2, 0) is 12.3 Å². The Balaban J connectivity index is 1.88. The van der Waals surface area contributed by atoms with Crippen molar-refractivity contribution in [2.45, 2.75) is 21.0 Å². The molecule has 0 radical (unpaired) electrons. The molecular weight excluding hydrogens is 274 g/mol. The summed E-state index contributed by atoms with van der Waals surface area (Å²) in [6.45, 7) is 0.764. The van der Waals surface area contributed by atoms with Gasteiger partial charge in [0.1, 0.15) is 11.5 Å². The van der Waals surface area contributed by atoms with E-state index in [2.05, 4.69) is 15.5 Å². The molecule has 0 unspecified atom stereocenters. The molecule has 0 saturated carbocycles. The Morgan fingerprint density at radius 2 is 2.06 bits per heavy atom. The lowest BCUT2D eigenvalue weighted by Gasteiger charge is -1.95. The summed E-state index contributed by atoms with van der Waals surface area (Å²) in [5.41, 5.74) is 0. The molecule has 0 aliphatic carbocycles. The third-order valence-corrected chi connectivity index (χ3v) is 5.02. The predicted octanol–water partition coefficient (Wildman–Crippen LogP) is 2.86. The number of hydrogen-bond acceptors (Lipinski definition) is 7. The van der Waals surface area contributed by atoms with Crippen LogP contribution in [0.1, 0.15) is 11.5 Å². The zero-order valence-electron chi connectivity index (χ0n) is 9.60. The Morgan fingerprint density at radius 3 is 2.76 bits per heavy atom. The van der Waals surface area contributed by atoms with E-state index in [0.717, 1.165) is 32.5 Å². The molecule has 2 aromatic heterocycles. The number of thioether (sulfide) groups is 2. The third-order valence-electron chi connectivity index (χ3n) is 1.97. The highest BCUT2D eigenvalue weighted by Crippen LogP contribution is 2.29. The van der Waals surface area contributed by atoms with E-state index in [9.17, 15) is 0 Å². The van der Waals surface area contributed by atoms with Gasteiger partial charge in [0.05, 0.1) is 12.3 Å². The van der Waals surface area contributed by atoms with Gasteiger partial charge >= 0.3 is 0 Å². The van der Waals surface area contributed by atoms with Gasteiger partial charge in [-0.2, -0.15) is 0 Å². The Morgan fingerprint density at radius 1 is 1.29 bits per heavy atom. The molecule has 2 aromatic rings. The molecule has 92 valence electrons. The first-order valence-corrected chi connectivity index (χ1v) is 8.07. The number of hydrogen-bond donors (Lipinski definition) is 1. The highest BCUT2D eigenvalue weighted by molar-refractivity contribution is 8.02. The van der Waals surface area contributed by atoms with Crippen LogP contribution in [-0.4, -0.2) is 23.5 Å². The SMILES string of the molecule is CNCc1ccc(CSc2nnc(SC)s2)o1. The number of furan rings is 1. The van der Waals surface area contributed by atoms with Crippen molar-refractivity contribution in [3.63, 3.8) is 0 Å². The number of nitrogens with one attached hydrogen (secondary N) is 1. The summed E-state index contributed by atoms with van der Waals surface area (Å²) in [6, 6.07) is 4.01. The van der Waals surface area contributed by atoms with Crippen LogP contribution < -0.4 is 5.32 Å². The van der Waals surface area contributed by atoms with E-state index in [4.69, 9.17) is 4.42 Å². The maximum atomic E-state index is 5.65. The Bertz CT molecular complexity index is 469. The summed E-state index contributed by atoms with van der Waals surface area (Å²) >= 11 is 4.90. The van der Waals surface area contributed by atoms with E-state index < -0.39 is 0 Å². The monoisotopic (exact) mass is 287 g/mol. The van der Waals surface area contributed by atoms with Crippen LogP contribution in [0.4, 0.5) is 0 Å². The van der Waals surface area contributed by atoms with E-state index in [1.807, 2.05) is 25.4 Å². The highest BCUT2D eigenvalue weighted by atomic mass is 32.2. The Labute approximate surface area is 113 Å². The second-order valence-electron chi connectivity index (χ2n) is 3.23. The fourth-order valence-corrected chi connectivity index (χ4v) is 3.57. The van der Waals surface area contributed by atoms with Gasteiger partial charge in [0.15, 0.2) is 8.68 Å². The zero-order chi connectivity index (χ0) is 12.1. The van der Waals surface area contributed by atoms with Crippen LogP contribution in [0.3, 0.4) is 0 Å². The van der Waals surface area contributed by atoms with Gasteiger partial charge in [-0.25, -0.2) is 0 Å². The first-order valence-electron chi connectivity index (χ1n) is 5.04. The van der Waals surface area contributed by atoms with Gasteiger partial charge in [-0.1, -0.05) is 34.9 Å². The van der Waals surface area contributed by atoms with Crippen molar-refractivity contribution in [2.24, 2.45) is 0 Å². The van der Waals surface area contributed by atoms with Gasteiger partial charge in [0, 0.05) is 0 Å². The minimum absolute atomic E-state index is 0.764. The molecular formula is C10H13N3OS3. The predicted molar refractivity (Wildman–Crippen MR) is 72.7 cm³/mol. The van der Waals surface area contributed by atoms with Crippen LogP contribution in [0, 0.1) is 0 Å². The molecule has 0 aromatic carbocycles. The zero-order valence-corrected chi connectivity index (χ0v) is 12.0. The summed E-state index contributed by atoms with van der Waals surface area (Å²) in [6.07, 6.45) is 2.01. The minimum atomic E-state index is 0.764. The second kappa shape index (κ2) is 6.44. The van der Waals surface area contributed by atoms with E-state index in [1.54, 1.807) is 34.9 Å². The quantitative estimate of drug-likeness (QED) is 0.825. The minimum Gasteiger partial charge on any atom is -0.464 e. The average molecular weight is 287 g/mol. The first-order chi connectivity index (χ1) is 8.31. The lowest BCUT2D eigenvalue weighted by atomic mass is 10.4. The fourth-order valence-electron chi connectivity index (χ4n) is 1.24. The van der Waals surface area contributed by atoms with Gasteiger partial charge in [-0.05, 0) is 25.4 Å². The molecule has 0 atom stereocenters. The molecule has 0 fully saturated rings. The van der Waals surface area contributed by atoms with E-state index >= 15 is 0 Å². The first kappa shape index (κ1) is 12.9. The van der Waals surface area contributed by atoms with Gasteiger partial charge in [0.25, 0.3) is 0 Å². The molecule has 0 aliphatic heterocycles. The summed E-state index contributed by atoms with van der Waals surface area (Å²) in [4.78, 5) is 0. The van der Waals surface area contributed by atoms with Crippen molar-refractivity contribution >= 4 is 34.9 Å². The van der Waals surface area contributed by atoms with Gasteiger partial charge in [-0.3, -0.25) is 0 Å². The van der Waals surface area contributed by atoms with Crippen LogP contribution >= 0.6 is 34.9 Å². The van der Waals surface area contributed by atoms with Crippen molar-refractivity contribution < 1.29 is 4.42 Å². The van der Waals surface area contributed by atoms with Gasteiger partial charge < -0.3 is 9.73 Å². The van der Waals surface area contributed by atoms with Crippen LogP contribution in [0.15, 0.2) is 25.2 Å². The highest BCUT2D eigenvalue weighted by Gasteiger charge is 2.06. The molecule has 4 nitrogen and oxygen atoms in total. The normalized spacial score (nSPS) is 10.9. The molecule has 2 heterocycles. The van der Waals surface area contributed by atoms with Crippen molar-refractivity contribution in [2.75, 3.05) is 13.3 Å². The molecule has 0 bridgehead atoms. The molecule has 1 N–H and O–H groups in total. The van der Waals surface area contributed by atoms with Crippen LogP contribution in [0.2, 0.25) is 0 Å². The Kier molecular flexibility index (Phi) is 4.90. The third kappa shape index (κ3) is 3.74. The molecule has 0 amide bonds. The van der Waals surface area contributed by atoms with Crippen LogP contribution in [0.25, 0.3) is 0 Å². The second-order valence-corrected chi connectivity index (χ2v) is 6.48. The fraction of sp³-hybridized carbons (Fsp3) is 0.400. The number of aromatic nitrogens is 2. The maximum absolute atomic E-state index is 5.65. The smallest absolute Gasteiger partial charge is 0.175 e. The molecule has 0 aliphatic rings. The lowest BCUT2D eigenvalue weighted by Crippen LogP contribution is -2.03. The van der Waals surface area contributed by atoms with Crippen molar-refractivity contribution in [1.29, 1.82) is 0 Å². The van der Waals surface area contributed by atoms with E-state index in [-0.39, 0.29) is 0 Å². The summed E-state index contributed by atoms with van der Waals surface area (Å²) in [7, 11) is 1.90. The van der Waals surface area contributed by atoms with E-state index in [1.165, 1.54) is 0 Å². The van der Waals surface area contributed by atoms with E-state index in [0.29, 0.717) is 0 Å². The van der Waals surface area contributed by atoms with Crippen LogP contribution in [0.5, 0.6) is 0 Å². The van der Waals surface area contributed by atoms with Crippen molar-refractivity contribution in [3.05, 3.63) is 23.7 Å². The standard InChI is InChI=1S/C10H13N3OS3/c1-11-5-7-3-4-8(14-7)6-16-10-13-12-9(15-2)17-10/h3-4,11H,5-6H2,1-2H3. The van der Waals surface area contributed by atoms with Gasteiger partial charge in [0.2, 0.25) is 0 Å². The number of rotatable bonds is 6. The average Bonchev–Trinajstić information content (AvgIpc) is 2.95. The molecule has 0 saturated heterocycles. The Hall–Kier alpha value is -0.500. The summed E-state index contributed by atoms with van der Waals surface area (Å²) < 4.78 is 7.64.